The normalized spacial score (nSPS) is 15.4. The Kier molecular flexibility index (Phi) is 25.0. The molecular formula is C35H70N2. The second-order valence-electron chi connectivity index (χ2n) is 12.2. The van der Waals surface area contributed by atoms with Crippen LogP contribution in [0, 0.1) is 0 Å². The highest BCUT2D eigenvalue weighted by Gasteiger charge is 2.24. The molecule has 220 valence electrons. The van der Waals surface area contributed by atoms with Crippen LogP contribution in [0.2, 0.25) is 0 Å². The molecule has 37 heavy (non-hydrogen) atoms. The molecule has 0 aromatic carbocycles. The Morgan fingerprint density at radius 1 is 0.351 bits per heavy atom. The molecule has 1 atom stereocenters. The summed E-state index contributed by atoms with van der Waals surface area (Å²) in [5, 5.41) is 0. The van der Waals surface area contributed by atoms with Crippen molar-refractivity contribution in [3.05, 3.63) is 12.4 Å². The van der Waals surface area contributed by atoms with Crippen LogP contribution in [0.1, 0.15) is 194 Å². The average molecular weight is 519 g/mol. The van der Waals surface area contributed by atoms with E-state index in [0.29, 0.717) is 6.17 Å². The van der Waals surface area contributed by atoms with Crippen LogP contribution in [-0.2, 0) is 0 Å². The predicted octanol–water partition coefficient (Wildman–Crippen LogP) is 12.0. The molecule has 0 amide bonds. The monoisotopic (exact) mass is 519 g/mol. The largest absolute Gasteiger partial charge is 0.356 e. The minimum absolute atomic E-state index is 0.642. The van der Waals surface area contributed by atoms with Crippen LogP contribution in [0.25, 0.3) is 0 Å². The van der Waals surface area contributed by atoms with Crippen LogP contribution in [-0.4, -0.2) is 29.1 Å². The Labute approximate surface area is 235 Å². The molecule has 0 aliphatic carbocycles. The Morgan fingerprint density at radius 3 is 0.946 bits per heavy atom. The minimum atomic E-state index is 0.642. The Balaban J connectivity index is 2.23. The minimum Gasteiger partial charge on any atom is -0.356 e. The van der Waals surface area contributed by atoms with E-state index in [-0.39, 0.29) is 0 Å². The van der Waals surface area contributed by atoms with Crippen LogP contribution < -0.4 is 0 Å². The van der Waals surface area contributed by atoms with Crippen molar-refractivity contribution in [1.29, 1.82) is 0 Å². The molecule has 2 nitrogen and oxygen atoms in total. The van der Waals surface area contributed by atoms with Gasteiger partial charge in [-0.1, -0.05) is 168 Å². The summed E-state index contributed by atoms with van der Waals surface area (Å²) in [7, 11) is 0. The molecular weight excluding hydrogens is 448 g/mol. The van der Waals surface area contributed by atoms with Gasteiger partial charge in [0.15, 0.2) is 0 Å². The molecule has 0 aromatic heterocycles. The van der Waals surface area contributed by atoms with E-state index in [9.17, 15) is 0 Å². The summed E-state index contributed by atoms with van der Waals surface area (Å²) in [6, 6.07) is 0. The van der Waals surface area contributed by atoms with Gasteiger partial charge in [0.1, 0.15) is 6.17 Å². The fourth-order valence-corrected chi connectivity index (χ4v) is 6.01. The van der Waals surface area contributed by atoms with Gasteiger partial charge >= 0.3 is 0 Å². The van der Waals surface area contributed by atoms with E-state index in [1.54, 1.807) is 0 Å². The lowest BCUT2D eigenvalue weighted by atomic mass is 10.0. The molecule has 0 aromatic rings. The predicted molar refractivity (Wildman–Crippen MR) is 168 cm³/mol. The topological polar surface area (TPSA) is 6.48 Å². The maximum absolute atomic E-state index is 2.70. The molecule has 0 saturated carbocycles. The second-order valence-corrected chi connectivity index (χ2v) is 12.2. The van der Waals surface area contributed by atoms with E-state index in [0.717, 1.165) is 0 Å². The summed E-state index contributed by atoms with van der Waals surface area (Å²) in [5.41, 5.74) is 0. The number of hydrogen-bond acceptors (Lipinski definition) is 2. The number of nitrogens with zero attached hydrogens (tertiary/aromatic N) is 2. The third-order valence-electron chi connectivity index (χ3n) is 8.57. The van der Waals surface area contributed by atoms with Crippen LogP contribution in [0.4, 0.5) is 0 Å². The number of rotatable bonds is 29. The van der Waals surface area contributed by atoms with Crippen molar-refractivity contribution in [3.63, 3.8) is 0 Å². The van der Waals surface area contributed by atoms with Crippen molar-refractivity contribution in [2.24, 2.45) is 0 Å². The number of hydrogen-bond donors (Lipinski definition) is 0. The first kappa shape index (κ1) is 34.4. The smallest absolute Gasteiger partial charge is 0.101 e. The molecule has 1 heterocycles. The van der Waals surface area contributed by atoms with Crippen LogP contribution in [0.15, 0.2) is 12.4 Å². The van der Waals surface area contributed by atoms with Crippen molar-refractivity contribution >= 4 is 0 Å². The molecule has 0 bridgehead atoms. The quantitative estimate of drug-likeness (QED) is 0.0908. The standard InChI is InChI=1S/C35H70N2/c1-4-7-10-13-16-18-19-21-23-26-29-32-37-34-33-36(31-28-25-15-12-9-6-3)35(37)30-27-24-22-20-17-14-11-8-5-2/h33-35H,4-32H2,1-3H3. The fourth-order valence-electron chi connectivity index (χ4n) is 6.01. The molecule has 0 radical (unpaired) electrons. The summed E-state index contributed by atoms with van der Waals surface area (Å²) in [6.07, 6.45) is 44.0. The fraction of sp³-hybridized carbons (Fsp3) is 0.943. The van der Waals surface area contributed by atoms with Gasteiger partial charge in [0, 0.05) is 25.5 Å². The third kappa shape index (κ3) is 20.0. The van der Waals surface area contributed by atoms with Crippen molar-refractivity contribution in [1.82, 2.24) is 9.80 Å². The SMILES string of the molecule is CCCCCCCCCCCCCN1C=CN(CCCCCCCC)C1CCCCCCCCCCC. The molecule has 0 spiro atoms. The van der Waals surface area contributed by atoms with Gasteiger partial charge in [-0.15, -0.1) is 0 Å². The van der Waals surface area contributed by atoms with E-state index in [1.807, 2.05) is 0 Å². The third-order valence-corrected chi connectivity index (χ3v) is 8.57. The van der Waals surface area contributed by atoms with E-state index < -0.39 is 0 Å². The first-order chi connectivity index (χ1) is 18.3. The summed E-state index contributed by atoms with van der Waals surface area (Å²) in [5.74, 6) is 0. The first-order valence-corrected chi connectivity index (χ1v) is 17.5. The van der Waals surface area contributed by atoms with E-state index in [1.165, 1.54) is 186 Å². The Morgan fingerprint density at radius 2 is 0.622 bits per heavy atom. The summed E-state index contributed by atoms with van der Waals surface area (Å²) in [6.45, 7) is 9.47. The zero-order valence-corrected chi connectivity index (χ0v) is 26.1. The summed E-state index contributed by atoms with van der Waals surface area (Å²) < 4.78 is 0. The van der Waals surface area contributed by atoms with Gasteiger partial charge in [0.2, 0.25) is 0 Å². The van der Waals surface area contributed by atoms with Gasteiger partial charge in [-0.05, 0) is 25.7 Å². The maximum atomic E-state index is 2.70. The van der Waals surface area contributed by atoms with Gasteiger partial charge in [-0.2, -0.15) is 0 Å². The van der Waals surface area contributed by atoms with E-state index >= 15 is 0 Å². The highest BCUT2D eigenvalue weighted by molar-refractivity contribution is 4.97. The highest BCUT2D eigenvalue weighted by Crippen LogP contribution is 2.24. The van der Waals surface area contributed by atoms with Crippen molar-refractivity contribution in [3.8, 4) is 0 Å². The lowest BCUT2D eigenvalue weighted by Crippen LogP contribution is -2.39. The molecule has 1 aliphatic rings. The Hall–Kier alpha value is -0.660. The Bertz CT molecular complexity index is 474. The molecule has 2 heteroatoms. The van der Waals surface area contributed by atoms with E-state index in [2.05, 4.69) is 43.0 Å². The zero-order chi connectivity index (χ0) is 26.7. The zero-order valence-electron chi connectivity index (χ0n) is 26.1. The molecule has 0 saturated heterocycles. The highest BCUT2D eigenvalue weighted by atomic mass is 15.4. The van der Waals surface area contributed by atoms with E-state index in [4.69, 9.17) is 0 Å². The summed E-state index contributed by atoms with van der Waals surface area (Å²) in [4.78, 5) is 5.40. The molecule has 0 fully saturated rings. The number of unbranched alkanes of at least 4 members (excludes halogenated alkanes) is 23. The summed E-state index contributed by atoms with van der Waals surface area (Å²) >= 11 is 0. The van der Waals surface area contributed by atoms with Crippen LogP contribution >= 0.6 is 0 Å². The van der Waals surface area contributed by atoms with Crippen molar-refractivity contribution < 1.29 is 0 Å². The van der Waals surface area contributed by atoms with Gasteiger partial charge in [0.25, 0.3) is 0 Å². The molecule has 1 rings (SSSR count). The lowest BCUT2D eigenvalue weighted by molar-refractivity contribution is 0.135. The molecule has 1 unspecified atom stereocenters. The van der Waals surface area contributed by atoms with Crippen LogP contribution in [0.5, 0.6) is 0 Å². The molecule has 1 aliphatic heterocycles. The molecule has 0 N–H and O–H groups in total. The lowest BCUT2D eigenvalue weighted by Gasteiger charge is -2.33. The van der Waals surface area contributed by atoms with Gasteiger partial charge in [-0.25, -0.2) is 0 Å². The van der Waals surface area contributed by atoms with Gasteiger partial charge < -0.3 is 9.80 Å². The maximum Gasteiger partial charge on any atom is 0.101 e. The van der Waals surface area contributed by atoms with Crippen LogP contribution in [0.3, 0.4) is 0 Å². The van der Waals surface area contributed by atoms with Crippen molar-refractivity contribution in [2.75, 3.05) is 13.1 Å². The first-order valence-electron chi connectivity index (χ1n) is 17.5. The van der Waals surface area contributed by atoms with Gasteiger partial charge in [0.05, 0.1) is 0 Å². The average Bonchev–Trinajstić information content (AvgIpc) is 3.29. The van der Waals surface area contributed by atoms with Crippen molar-refractivity contribution in [2.45, 2.75) is 200 Å². The van der Waals surface area contributed by atoms with Gasteiger partial charge in [-0.3, -0.25) is 0 Å². The second kappa shape index (κ2) is 26.9.